The van der Waals surface area contributed by atoms with Gasteiger partial charge in [0.2, 0.25) is 5.60 Å². The minimum atomic E-state index is -4.84. The van der Waals surface area contributed by atoms with E-state index in [-0.39, 0.29) is 40.5 Å². The summed E-state index contributed by atoms with van der Waals surface area (Å²) in [6.07, 6.45) is -6.22. The summed E-state index contributed by atoms with van der Waals surface area (Å²) in [5.74, 6) is -2.44. The number of carbonyl (C=O) groups excluding carboxylic acids is 1. The fourth-order valence-electron chi connectivity index (χ4n) is 4.09. The Bertz CT molecular complexity index is 1380. The molecule has 14 heteroatoms. The molecule has 2 aromatic rings. The number of hydrogen-bond donors (Lipinski definition) is 2. The van der Waals surface area contributed by atoms with Crippen molar-refractivity contribution in [3.8, 4) is 5.75 Å². The number of alkyl halides is 3. The first-order chi connectivity index (χ1) is 18.5. The van der Waals surface area contributed by atoms with Gasteiger partial charge in [-0.05, 0) is 75.6 Å². The molecule has 0 aliphatic carbocycles. The molecule has 0 saturated heterocycles. The number of ether oxygens (including phenoxy) is 2. The number of rotatable bonds is 9. The number of carboxylic acids is 1. The zero-order valence-electron chi connectivity index (χ0n) is 22.2. The van der Waals surface area contributed by atoms with Crippen LogP contribution in [0.15, 0.2) is 41.3 Å². The highest BCUT2D eigenvalue weighted by molar-refractivity contribution is 7.92. The highest BCUT2D eigenvalue weighted by atomic mass is 32.2. The third-order valence-corrected chi connectivity index (χ3v) is 8.19. The van der Waals surface area contributed by atoms with E-state index in [2.05, 4.69) is 10.1 Å². The van der Waals surface area contributed by atoms with E-state index >= 15 is 0 Å². The Labute approximate surface area is 229 Å². The predicted molar refractivity (Wildman–Crippen MR) is 137 cm³/mol. The normalized spacial score (nSPS) is 16.5. The molecule has 0 spiro atoms. The van der Waals surface area contributed by atoms with Gasteiger partial charge in [-0.3, -0.25) is 14.4 Å². The molecule has 0 saturated carbocycles. The zero-order valence-corrected chi connectivity index (χ0v) is 23.0. The lowest BCUT2D eigenvalue weighted by atomic mass is 9.96. The SMILES string of the molecule is CCCC(CC1CN(S(=O)(=O)c2ccc(F)c(C)c2)c2cc(NC(=O)OC(C)(C)C(F)(F)F)ccc2O1)C(=O)O. The third-order valence-electron chi connectivity index (χ3n) is 6.42. The lowest BCUT2D eigenvalue weighted by Gasteiger charge is -2.36. The summed E-state index contributed by atoms with van der Waals surface area (Å²) in [4.78, 5) is 23.7. The Balaban J connectivity index is 2.00. The summed E-state index contributed by atoms with van der Waals surface area (Å²) < 4.78 is 92.1. The van der Waals surface area contributed by atoms with Crippen LogP contribution in [0.3, 0.4) is 0 Å². The average Bonchev–Trinajstić information content (AvgIpc) is 2.83. The second kappa shape index (κ2) is 11.5. The van der Waals surface area contributed by atoms with Crippen LogP contribution in [0.4, 0.5) is 33.7 Å². The van der Waals surface area contributed by atoms with Gasteiger partial charge in [0.25, 0.3) is 10.0 Å². The van der Waals surface area contributed by atoms with Gasteiger partial charge in [0.15, 0.2) is 0 Å². The van der Waals surface area contributed by atoms with Crippen molar-refractivity contribution in [1.82, 2.24) is 0 Å². The molecule has 1 amide bonds. The molecule has 2 unspecified atom stereocenters. The monoisotopic (exact) mass is 590 g/mol. The van der Waals surface area contributed by atoms with Crippen molar-refractivity contribution in [2.24, 2.45) is 5.92 Å². The highest BCUT2D eigenvalue weighted by Gasteiger charge is 2.51. The molecule has 0 fully saturated rings. The molecule has 0 aromatic heterocycles. The number of anilines is 2. The van der Waals surface area contributed by atoms with Crippen molar-refractivity contribution in [2.45, 2.75) is 69.7 Å². The Morgan fingerprint density at radius 1 is 1.20 bits per heavy atom. The van der Waals surface area contributed by atoms with Gasteiger partial charge in [-0.2, -0.15) is 13.2 Å². The topological polar surface area (TPSA) is 122 Å². The summed E-state index contributed by atoms with van der Waals surface area (Å²) in [7, 11) is -4.36. The molecule has 9 nitrogen and oxygen atoms in total. The van der Waals surface area contributed by atoms with Gasteiger partial charge in [-0.1, -0.05) is 13.3 Å². The number of aryl methyl sites for hydroxylation is 1. The molecule has 3 rings (SSSR count). The number of fused-ring (bicyclic) bond motifs is 1. The molecule has 1 aliphatic rings. The number of nitrogens with one attached hydrogen (secondary N) is 1. The number of carbonyl (C=O) groups is 2. The lowest BCUT2D eigenvalue weighted by molar-refractivity contribution is -0.242. The second-order valence-corrected chi connectivity index (χ2v) is 11.8. The number of carboxylic acid groups (broad SMARTS) is 1. The molecule has 0 bridgehead atoms. The van der Waals surface area contributed by atoms with E-state index in [0.29, 0.717) is 26.7 Å². The molecule has 1 aliphatic heterocycles. The van der Waals surface area contributed by atoms with Crippen molar-refractivity contribution >= 4 is 33.5 Å². The number of hydrogen-bond acceptors (Lipinski definition) is 6. The predicted octanol–water partition coefficient (Wildman–Crippen LogP) is 5.87. The van der Waals surface area contributed by atoms with E-state index < -0.39 is 51.7 Å². The van der Waals surface area contributed by atoms with Crippen LogP contribution >= 0.6 is 0 Å². The van der Waals surface area contributed by atoms with E-state index in [9.17, 15) is 40.7 Å². The number of halogens is 4. The van der Waals surface area contributed by atoms with Crippen LogP contribution in [0.1, 0.15) is 45.6 Å². The van der Waals surface area contributed by atoms with Gasteiger partial charge in [-0.25, -0.2) is 17.6 Å². The van der Waals surface area contributed by atoms with Crippen molar-refractivity contribution in [1.29, 1.82) is 0 Å². The summed E-state index contributed by atoms with van der Waals surface area (Å²) in [5.41, 5.74) is -2.87. The molecule has 0 radical (unpaired) electrons. The Morgan fingerprint density at radius 3 is 2.45 bits per heavy atom. The smallest absolute Gasteiger partial charge is 0.427 e. The number of sulfonamides is 1. The molecular weight excluding hydrogens is 560 g/mol. The van der Waals surface area contributed by atoms with Gasteiger partial charge >= 0.3 is 18.2 Å². The van der Waals surface area contributed by atoms with Gasteiger partial charge in [0, 0.05) is 5.69 Å². The van der Waals surface area contributed by atoms with E-state index in [1.165, 1.54) is 25.1 Å². The molecule has 2 atom stereocenters. The van der Waals surface area contributed by atoms with Crippen molar-refractivity contribution in [2.75, 3.05) is 16.2 Å². The third kappa shape index (κ3) is 6.77. The average molecular weight is 591 g/mol. The fourth-order valence-corrected chi connectivity index (χ4v) is 5.67. The number of nitrogens with zero attached hydrogens (tertiary/aromatic N) is 1. The van der Waals surface area contributed by atoms with Gasteiger partial charge in [0.05, 0.1) is 23.0 Å². The highest BCUT2D eigenvalue weighted by Crippen LogP contribution is 2.41. The Kier molecular flexibility index (Phi) is 8.92. The first-order valence-corrected chi connectivity index (χ1v) is 13.8. The maximum atomic E-state index is 13.9. The van der Waals surface area contributed by atoms with E-state index in [1.807, 2.05) is 6.92 Å². The number of amides is 1. The van der Waals surface area contributed by atoms with Crippen LogP contribution in [0.25, 0.3) is 0 Å². The lowest BCUT2D eigenvalue weighted by Crippen LogP contribution is -2.45. The van der Waals surface area contributed by atoms with E-state index in [4.69, 9.17) is 4.74 Å². The fraction of sp³-hybridized carbons (Fsp3) is 0.462. The van der Waals surface area contributed by atoms with Crippen molar-refractivity contribution in [3.05, 3.63) is 47.8 Å². The largest absolute Gasteiger partial charge is 0.486 e. The summed E-state index contributed by atoms with van der Waals surface area (Å²) >= 11 is 0. The van der Waals surface area contributed by atoms with E-state index in [0.717, 1.165) is 22.5 Å². The van der Waals surface area contributed by atoms with Gasteiger partial charge < -0.3 is 14.6 Å². The number of aliphatic carboxylic acids is 1. The van der Waals surface area contributed by atoms with E-state index in [1.54, 1.807) is 0 Å². The minimum absolute atomic E-state index is 0.00404. The van der Waals surface area contributed by atoms with Crippen LogP contribution in [-0.4, -0.2) is 50.0 Å². The maximum absolute atomic E-state index is 13.9. The minimum Gasteiger partial charge on any atom is -0.486 e. The first kappa shape index (κ1) is 31.0. The molecule has 220 valence electrons. The van der Waals surface area contributed by atoms with Crippen molar-refractivity contribution < 1.29 is 50.1 Å². The summed E-state index contributed by atoms with van der Waals surface area (Å²) in [6.45, 7) is 4.25. The molecule has 1 heterocycles. The van der Waals surface area contributed by atoms with Crippen LogP contribution in [-0.2, 0) is 19.6 Å². The first-order valence-electron chi connectivity index (χ1n) is 12.4. The summed E-state index contributed by atoms with van der Waals surface area (Å²) in [6, 6.07) is 6.99. The van der Waals surface area contributed by atoms with Crippen molar-refractivity contribution in [3.63, 3.8) is 0 Å². The molecule has 40 heavy (non-hydrogen) atoms. The van der Waals surface area contributed by atoms with Gasteiger partial charge in [0.1, 0.15) is 17.7 Å². The molecular formula is C26H30F4N2O7S. The standard InChI is InChI=1S/C26H30F4N2O7S/c1-5-6-16(23(33)34)12-18-14-32(40(36,37)19-8-9-20(27)15(2)11-19)21-13-17(7-10-22(21)38-18)31-24(35)39-25(3,4)26(28,29)30/h7-11,13,16,18H,5-6,12,14H2,1-4H3,(H,31,35)(H,33,34). The zero-order chi connectivity index (χ0) is 30.0. The quantitative estimate of drug-likeness (QED) is 0.350. The van der Waals surface area contributed by atoms with Crippen LogP contribution in [0.2, 0.25) is 0 Å². The van der Waals surface area contributed by atoms with Crippen LogP contribution in [0.5, 0.6) is 5.75 Å². The Morgan fingerprint density at radius 2 is 1.88 bits per heavy atom. The van der Waals surface area contributed by atoms with Crippen LogP contribution in [0, 0.1) is 18.7 Å². The number of benzene rings is 2. The summed E-state index contributed by atoms with van der Waals surface area (Å²) in [5, 5.41) is 11.8. The second-order valence-electron chi connectivity index (χ2n) is 9.95. The van der Waals surface area contributed by atoms with Crippen LogP contribution < -0.4 is 14.4 Å². The molecule has 2 N–H and O–H groups in total. The maximum Gasteiger partial charge on any atom is 0.427 e. The molecule has 2 aromatic carbocycles. The Hall–Kier alpha value is -3.55. The van der Waals surface area contributed by atoms with Gasteiger partial charge in [-0.15, -0.1) is 0 Å².